The Hall–Kier alpha value is -2.92. The van der Waals surface area contributed by atoms with Crippen molar-refractivity contribution in [1.82, 2.24) is 9.55 Å². The third-order valence-corrected chi connectivity index (χ3v) is 5.68. The molecular formula is C23H22N2O2S. The van der Waals surface area contributed by atoms with Gasteiger partial charge in [-0.05, 0) is 29.2 Å². The minimum Gasteiger partial charge on any atom is -0.492 e. The van der Waals surface area contributed by atoms with Gasteiger partial charge in [0.2, 0.25) is 0 Å². The van der Waals surface area contributed by atoms with E-state index in [1.807, 2.05) is 35.7 Å². The Bertz CT molecular complexity index is 1130. The summed E-state index contributed by atoms with van der Waals surface area (Å²) in [5.74, 6) is 1.28. The second kappa shape index (κ2) is 7.98. The summed E-state index contributed by atoms with van der Waals surface area (Å²) in [7, 11) is 0. The predicted molar refractivity (Wildman–Crippen MR) is 115 cm³/mol. The number of thiophene rings is 1. The van der Waals surface area contributed by atoms with Gasteiger partial charge in [0, 0.05) is 10.9 Å². The van der Waals surface area contributed by atoms with E-state index in [0.717, 1.165) is 21.7 Å². The molecule has 4 rings (SSSR count). The maximum absolute atomic E-state index is 13.1. The Balaban J connectivity index is 1.61. The van der Waals surface area contributed by atoms with Gasteiger partial charge in [0.25, 0.3) is 5.56 Å². The first-order chi connectivity index (χ1) is 13.6. The highest BCUT2D eigenvalue weighted by molar-refractivity contribution is 7.17. The molecule has 28 heavy (non-hydrogen) atoms. The zero-order valence-corrected chi connectivity index (χ0v) is 16.8. The fraction of sp³-hybridized carbons (Fsp3) is 0.217. The van der Waals surface area contributed by atoms with E-state index in [9.17, 15) is 4.79 Å². The maximum atomic E-state index is 13.1. The van der Waals surface area contributed by atoms with Crippen LogP contribution in [0.15, 0.2) is 71.1 Å². The van der Waals surface area contributed by atoms with E-state index in [1.165, 1.54) is 16.9 Å². The van der Waals surface area contributed by atoms with Gasteiger partial charge in [0.15, 0.2) is 0 Å². The second-order valence-electron chi connectivity index (χ2n) is 7.01. The van der Waals surface area contributed by atoms with Gasteiger partial charge in [0.05, 0.1) is 18.3 Å². The molecule has 4 aromatic rings. The van der Waals surface area contributed by atoms with E-state index in [4.69, 9.17) is 4.74 Å². The summed E-state index contributed by atoms with van der Waals surface area (Å²) in [5, 5.41) is 2.71. The number of fused-ring (bicyclic) bond motifs is 1. The molecule has 0 spiro atoms. The second-order valence-corrected chi connectivity index (χ2v) is 7.87. The van der Waals surface area contributed by atoms with E-state index in [-0.39, 0.29) is 5.56 Å². The van der Waals surface area contributed by atoms with Crippen LogP contribution in [0.25, 0.3) is 21.3 Å². The molecule has 0 amide bonds. The molecule has 0 fully saturated rings. The van der Waals surface area contributed by atoms with Crippen molar-refractivity contribution >= 4 is 21.6 Å². The molecule has 4 nitrogen and oxygen atoms in total. The van der Waals surface area contributed by atoms with Gasteiger partial charge in [-0.3, -0.25) is 9.36 Å². The van der Waals surface area contributed by atoms with Gasteiger partial charge < -0.3 is 4.74 Å². The van der Waals surface area contributed by atoms with Crippen molar-refractivity contribution in [3.63, 3.8) is 0 Å². The molecule has 0 N–H and O–H groups in total. The number of nitrogens with zero attached hydrogens (tertiary/aromatic N) is 2. The highest BCUT2D eigenvalue weighted by Crippen LogP contribution is 2.31. The van der Waals surface area contributed by atoms with Crippen molar-refractivity contribution in [3.05, 3.63) is 82.2 Å². The van der Waals surface area contributed by atoms with Crippen LogP contribution in [-0.4, -0.2) is 16.2 Å². The quantitative estimate of drug-likeness (QED) is 0.447. The van der Waals surface area contributed by atoms with E-state index < -0.39 is 0 Å². The van der Waals surface area contributed by atoms with Crippen LogP contribution in [0.5, 0.6) is 5.75 Å². The first-order valence-corrected chi connectivity index (χ1v) is 10.3. The number of hydrogen-bond donors (Lipinski definition) is 0. The van der Waals surface area contributed by atoms with Gasteiger partial charge in [-0.25, -0.2) is 4.98 Å². The summed E-state index contributed by atoms with van der Waals surface area (Å²) < 4.78 is 7.35. The first kappa shape index (κ1) is 18.4. The molecule has 142 valence electrons. The minimum atomic E-state index is -0.0224. The topological polar surface area (TPSA) is 44.1 Å². The highest BCUT2D eigenvalue weighted by Gasteiger charge is 2.13. The molecule has 5 heteroatoms. The van der Waals surface area contributed by atoms with Crippen molar-refractivity contribution in [2.45, 2.75) is 26.3 Å². The molecule has 2 heterocycles. The van der Waals surface area contributed by atoms with E-state index in [2.05, 4.69) is 43.1 Å². The molecule has 0 aliphatic heterocycles. The van der Waals surface area contributed by atoms with Crippen LogP contribution in [0.1, 0.15) is 25.3 Å². The summed E-state index contributed by atoms with van der Waals surface area (Å²) in [6.45, 7) is 5.22. The van der Waals surface area contributed by atoms with Gasteiger partial charge in [-0.1, -0.05) is 56.3 Å². The number of benzene rings is 2. The Kier molecular flexibility index (Phi) is 5.26. The van der Waals surface area contributed by atoms with Crippen LogP contribution >= 0.6 is 11.3 Å². The molecule has 0 aliphatic rings. The fourth-order valence-corrected chi connectivity index (χ4v) is 4.07. The third-order valence-electron chi connectivity index (χ3n) is 4.79. The number of para-hydroxylation sites is 1. The minimum absolute atomic E-state index is 0.0224. The largest absolute Gasteiger partial charge is 0.492 e. The molecule has 0 unspecified atom stereocenters. The lowest BCUT2D eigenvalue weighted by atomic mass is 9.99. The molecule has 0 aliphatic carbocycles. The average Bonchev–Trinajstić information content (AvgIpc) is 3.15. The predicted octanol–water partition coefficient (Wildman–Crippen LogP) is 5.33. The molecule has 0 saturated carbocycles. The van der Waals surface area contributed by atoms with Gasteiger partial charge in [-0.15, -0.1) is 11.3 Å². The molecule has 0 saturated heterocycles. The third kappa shape index (κ3) is 3.71. The molecule has 0 radical (unpaired) electrons. The van der Waals surface area contributed by atoms with E-state index >= 15 is 0 Å². The van der Waals surface area contributed by atoms with Crippen molar-refractivity contribution in [1.29, 1.82) is 0 Å². The van der Waals surface area contributed by atoms with Crippen LogP contribution < -0.4 is 10.3 Å². The zero-order chi connectivity index (χ0) is 19.5. The summed E-state index contributed by atoms with van der Waals surface area (Å²) in [6, 6.07) is 18.1. The highest BCUT2D eigenvalue weighted by atomic mass is 32.1. The molecule has 2 aromatic carbocycles. The summed E-state index contributed by atoms with van der Waals surface area (Å²) in [6.07, 6.45) is 1.61. The number of aromatic nitrogens is 2. The van der Waals surface area contributed by atoms with Crippen LogP contribution in [0, 0.1) is 0 Å². The van der Waals surface area contributed by atoms with Crippen LogP contribution in [-0.2, 0) is 6.54 Å². The molecule has 0 bridgehead atoms. The lowest BCUT2D eigenvalue weighted by molar-refractivity contribution is 0.296. The SMILES string of the molecule is CC(C)c1ccc(-c2csc3ncn(CCOc4ccccc4)c(=O)c23)cc1. The van der Waals surface area contributed by atoms with Gasteiger partial charge >= 0.3 is 0 Å². The van der Waals surface area contributed by atoms with Crippen molar-refractivity contribution in [2.24, 2.45) is 0 Å². The maximum Gasteiger partial charge on any atom is 0.262 e. The Morgan fingerprint density at radius 1 is 1.07 bits per heavy atom. The van der Waals surface area contributed by atoms with Crippen LogP contribution in [0.2, 0.25) is 0 Å². The summed E-state index contributed by atoms with van der Waals surface area (Å²) in [4.78, 5) is 18.3. The molecular weight excluding hydrogens is 368 g/mol. The van der Waals surface area contributed by atoms with Gasteiger partial charge in [-0.2, -0.15) is 0 Å². The van der Waals surface area contributed by atoms with E-state index in [0.29, 0.717) is 24.5 Å². The molecule has 2 aromatic heterocycles. The zero-order valence-electron chi connectivity index (χ0n) is 16.0. The standard InChI is InChI=1S/C23H22N2O2S/c1-16(2)17-8-10-18(11-9-17)20-14-28-22-21(20)23(26)25(15-24-22)12-13-27-19-6-4-3-5-7-19/h3-11,14-16H,12-13H2,1-2H3. The lowest BCUT2D eigenvalue weighted by Crippen LogP contribution is -2.23. The normalized spacial score (nSPS) is 11.2. The van der Waals surface area contributed by atoms with E-state index in [1.54, 1.807) is 10.9 Å². The summed E-state index contributed by atoms with van der Waals surface area (Å²) in [5.41, 5.74) is 3.27. The number of hydrogen-bond acceptors (Lipinski definition) is 4. The lowest BCUT2D eigenvalue weighted by Gasteiger charge is -2.09. The van der Waals surface area contributed by atoms with Crippen molar-refractivity contribution in [3.8, 4) is 16.9 Å². The van der Waals surface area contributed by atoms with Crippen LogP contribution in [0.3, 0.4) is 0 Å². The Morgan fingerprint density at radius 2 is 1.82 bits per heavy atom. The molecule has 0 atom stereocenters. The van der Waals surface area contributed by atoms with Crippen molar-refractivity contribution < 1.29 is 4.74 Å². The fourth-order valence-electron chi connectivity index (χ4n) is 3.17. The number of ether oxygens (including phenoxy) is 1. The smallest absolute Gasteiger partial charge is 0.262 e. The summed E-state index contributed by atoms with van der Waals surface area (Å²) >= 11 is 1.51. The van der Waals surface area contributed by atoms with Crippen LogP contribution in [0.4, 0.5) is 0 Å². The Morgan fingerprint density at radius 3 is 2.54 bits per heavy atom. The Labute approximate surface area is 168 Å². The van der Waals surface area contributed by atoms with Gasteiger partial charge in [0.1, 0.15) is 17.2 Å². The number of rotatable bonds is 6. The monoisotopic (exact) mass is 390 g/mol. The van der Waals surface area contributed by atoms with Crippen molar-refractivity contribution in [2.75, 3.05) is 6.61 Å². The average molecular weight is 391 g/mol. The first-order valence-electron chi connectivity index (χ1n) is 9.38.